The van der Waals surface area contributed by atoms with Crippen molar-refractivity contribution in [3.05, 3.63) is 83.9 Å². The van der Waals surface area contributed by atoms with Gasteiger partial charge in [0.05, 0.1) is 6.54 Å². The maximum Gasteiger partial charge on any atom is 0.408 e. The van der Waals surface area contributed by atoms with Crippen molar-refractivity contribution in [1.82, 2.24) is 20.4 Å². The Hall–Kier alpha value is -4.13. The van der Waals surface area contributed by atoms with E-state index in [4.69, 9.17) is 10.5 Å². The molecule has 0 aliphatic carbocycles. The number of aliphatic carboxylic acids is 1. The van der Waals surface area contributed by atoms with Crippen LogP contribution in [0.5, 0.6) is 0 Å². The van der Waals surface area contributed by atoms with Gasteiger partial charge in [-0.25, -0.2) is 9.59 Å². The van der Waals surface area contributed by atoms with Crippen LogP contribution in [0.25, 0.3) is 10.8 Å². The van der Waals surface area contributed by atoms with Crippen molar-refractivity contribution in [2.24, 2.45) is 5.73 Å². The second kappa shape index (κ2) is 17.5. The van der Waals surface area contributed by atoms with E-state index in [-0.39, 0.29) is 31.6 Å². The number of nitrogens with zero attached hydrogens (tertiary/aromatic N) is 2. The van der Waals surface area contributed by atoms with E-state index >= 15 is 0 Å². The summed E-state index contributed by atoms with van der Waals surface area (Å²) in [7, 11) is 0. The van der Waals surface area contributed by atoms with Crippen LogP contribution in [-0.2, 0) is 32.3 Å². The van der Waals surface area contributed by atoms with E-state index < -0.39 is 30.1 Å². The summed E-state index contributed by atoms with van der Waals surface area (Å²) >= 11 is 1.52. The van der Waals surface area contributed by atoms with Crippen molar-refractivity contribution < 1.29 is 29.0 Å². The highest BCUT2D eigenvalue weighted by Crippen LogP contribution is 2.23. The lowest BCUT2D eigenvalue weighted by atomic mass is 10.0. The Morgan fingerprint density at radius 1 is 1.02 bits per heavy atom. The Labute approximate surface area is 273 Å². The Bertz CT molecular complexity index is 1470. The summed E-state index contributed by atoms with van der Waals surface area (Å²) in [5.41, 5.74) is 7.78. The van der Waals surface area contributed by atoms with E-state index in [0.29, 0.717) is 38.2 Å². The van der Waals surface area contributed by atoms with Crippen LogP contribution in [0.15, 0.2) is 72.8 Å². The highest BCUT2D eigenvalue weighted by molar-refractivity contribution is 7.98. The molecule has 5 N–H and O–H groups in total. The molecule has 1 unspecified atom stereocenters. The summed E-state index contributed by atoms with van der Waals surface area (Å²) in [6.45, 7) is 1.20. The van der Waals surface area contributed by atoms with Gasteiger partial charge in [-0.15, -0.1) is 0 Å². The first-order valence-corrected chi connectivity index (χ1v) is 16.9. The monoisotopic (exact) mass is 649 g/mol. The minimum absolute atomic E-state index is 0.0464. The SMILES string of the molecule is CSCCC(NC(=O)CN(Cc1cccc2ccccc12)C[C@@H]1CCCN1C(=O)[C@H](CN)NC(=O)OCc1ccccc1)C(=O)O. The third-order valence-corrected chi connectivity index (χ3v) is 8.70. The zero-order valence-electron chi connectivity index (χ0n) is 26.1. The lowest BCUT2D eigenvalue weighted by Gasteiger charge is -2.33. The number of nitrogens with one attached hydrogen (secondary N) is 2. The zero-order valence-corrected chi connectivity index (χ0v) is 26.9. The van der Waals surface area contributed by atoms with Crippen LogP contribution in [0.3, 0.4) is 0 Å². The molecule has 11 nitrogen and oxygen atoms in total. The van der Waals surface area contributed by atoms with Crippen LogP contribution < -0.4 is 16.4 Å². The first-order valence-electron chi connectivity index (χ1n) is 15.5. The number of nitrogens with two attached hydrogens (primary N) is 1. The van der Waals surface area contributed by atoms with Crippen LogP contribution in [0.2, 0.25) is 0 Å². The Balaban J connectivity index is 1.47. The van der Waals surface area contributed by atoms with Gasteiger partial charge in [0.1, 0.15) is 18.7 Å². The van der Waals surface area contributed by atoms with Crippen LogP contribution in [0.4, 0.5) is 4.79 Å². The van der Waals surface area contributed by atoms with Gasteiger partial charge in [0, 0.05) is 32.2 Å². The van der Waals surface area contributed by atoms with Crippen molar-refractivity contribution >= 4 is 46.4 Å². The molecule has 1 aliphatic rings. The minimum Gasteiger partial charge on any atom is -0.480 e. The smallest absolute Gasteiger partial charge is 0.408 e. The molecule has 246 valence electrons. The number of likely N-dealkylation sites (tertiary alicyclic amines) is 1. The van der Waals surface area contributed by atoms with Gasteiger partial charge in [-0.2, -0.15) is 11.8 Å². The normalized spacial score (nSPS) is 15.8. The van der Waals surface area contributed by atoms with E-state index in [1.54, 1.807) is 4.90 Å². The molecule has 1 saturated heterocycles. The van der Waals surface area contributed by atoms with E-state index in [1.165, 1.54) is 11.8 Å². The quantitative estimate of drug-likeness (QED) is 0.183. The van der Waals surface area contributed by atoms with Crippen molar-refractivity contribution in [2.45, 2.75) is 50.5 Å². The number of carboxylic acid groups (broad SMARTS) is 1. The molecule has 0 radical (unpaired) electrons. The summed E-state index contributed by atoms with van der Waals surface area (Å²) in [5.74, 6) is -1.17. The molecule has 1 heterocycles. The lowest BCUT2D eigenvalue weighted by molar-refractivity contribution is -0.142. The molecule has 3 aromatic rings. The number of alkyl carbamates (subject to hydrolysis) is 1. The number of hydrogen-bond donors (Lipinski definition) is 4. The number of rotatable bonds is 16. The van der Waals surface area contributed by atoms with Gasteiger partial charge in [0.25, 0.3) is 0 Å². The average Bonchev–Trinajstić information content (AvgIpc) is 3.52. The fourth-order valence-electron chi connectivity index (χ4n) is 5.73. The summed E-state index contributed by atoms with van der Waals surface area (Å²) in [6, 6.07) is 21.1. The van der Waals surface area contributed by atoms with Crippen LogP contribution in [0.1, 0.15) is 30.4 Å². The van der Waals surface area contributed by atoms with E-state index in [9.17, 15) is 24.3 Å². The Morgan fingerprint density at radius 2 is 1.76 bits per heavy atom. The molecule has 0 aromatic heterocycles. The minimum atomic E-state index is -1.07. The summed E-state index contributed by atoms with van der Waals surface area (Å²) < 4.78 is 5.31. The molecule has 0 spiro atoms. The van der Waals surface area contributed by atoms with E-state index in [2.05, 4.69) is 10.6 Å². The number of benzene rings is 3. The van der Waals surface area contributed by atoms with Gasteiger partial charge in [0.2, 0.25) is 11.8 Å². The van der Waals surface area contributed by atoms with Gasteiger partial charge < -0.3 is 31.1 Å². The number of carboxylic acids is 1. The third kappa shape index (κ3) is 9.93. The Morgan fingerprint density at radius 3 is 2.50 bits per heavy atom. The second-order valence-corrected chi connectivity index (χ2v) is 12.4. The molecule has 0 saturated carbocycles. The highest BCUT2D eigenvalue weighted by atomic mass is 32.2. The van der Waals surface area contributed by atoms with Gasteiger partial charge in [0.15, 0.2) is 0 Å². The second-order valence-electron chi connectivity index (χ2n) is 11.4. The molecule has 3 aromatic carbocycles. The van der Waals surface area contributed by atoms with Gasteiger partial charge in [-0.1, -0.05) is 72.8 Å². The van der Waals surface area contributed by atoms with E-state index in [1.807, 2.05) is 84.0 Å². The predicted octanol–water partition coefficient (Wildman–Crippen LogP) is 3.21. The third-order valence-electron chi connectivity index (χ3n) is 8.05. The van der Waals surface area contributed by atoms with Gasteiger partial charge in [-0.3, -0.25) is 14.5 Å². The molecule has 1 aliphatic heterocycles. The topological polar surface area (TPSA) is 154 Å². The molecule has 4 rings (SSSR count). The molecule has 3 amide bonds. The standard InChI is InChI=1S/C34H43N5O6S/c1-46-18-16-29(33(42)43)36-31(40)22-38(20-26-13-7-12-25-11-5-6-15-28(25)26)21-27-14-8-17-39(27)32(41)30(19-35)37-34(44)45-23-24-9-3-2-4-10-24/h2-7,9-13,15,27,29-30H,8,14,16-23,35H2,1H3,(H,36,40)(H,37,44)(H,42,43)/t27-,29?,30-/m0/s1. The molecule has 3 atom stereocenters. The number of thioether (sulfide) groups is 1. The number of fused-ring (bicyclic) bond motifs is 1. The number of carbonyl (C=O) groups is 4. The van der Waals surface area contributed by atoms with Gasteiger partial charge in [-0.05, 0) is 53.2 Å². The highest BCUT2D eigenvalue weighted by Gasteiger charge is 2.35. The van der Waals surface area contributed by atoms with Crippen molar-refractivity contribution in [1.29, 1.82) is 0 Å². The molecular formula is C34H43N5O6S. The van der Waals surface area contributed by atoms with Crippen molar-refractivity contribution in [2.75, 3.05) is 38.2 Å². The molecule has 12 heteroatoms. The fraction of sp³-hybridized carbons (Fsp3) is 0.412. The predicted molar refractivity (Wildman–Crippen MR) is 179 cm³/mol. The average molecular weight is 650 g/mol. The van der Waals surface area contributed by atoms with Gasteiger partial charge >= 0.3 is 12.1 Å². The molecular weight excluding hydrogens is 606 g/mol. The lowest BCUT2D eigenvalue weighted by Crippen LogP contribution is -2.55. The molecule has 46 heavy (non-hydrogen) atoms. The maximum absolute atomic E-state index is 13.7. The fourth-order valence-corrected chi connectivity index (χ4v) is 6.21. The van der Waals surface area contributed by atoms with Crippen molar-refractivity contribution in [3.8, 4) is 0 Å². The number of amides is 3. The van der Waals surface area contributed by atoms with Crippen LogP contribution >= 0.6 is 11.8 Å². The first kappa shape index (κ1) is 34.7. The van der Waals surface area contributed by atoms with E-state index in [0.717, 1.165) is 28.3 Å². The molecule has 1 fully saturated rings. The first-order chi connectivity index (χ1) is 22.3. The summed E-state index contributed by atoms with van der Waals surface area (Å²) in [6.07, 6.45) is 2.95. The van der Waals surface area contributed by atoms with Crippen LogP contribution in [0, 0.1) is 0 Å². The Kier molecular flexibility index (Phi) is 13.2. The summed E-state index contributed by atoms with van der Waals surface area (Å²) in [4.78, 5) is 54.9. The zero-order chi connectivity index (χ0) is 32.9. The number of carbonyl (C=O) groups excluding carboxylic acids is 3. The number of ether oxygens (including phenoxy) is 1. The van der Waals surface area contributed by atoms with Crippen molar-refractivity contribution in [3.63, 3.8) is 0 Å². The largest absolute Gasteiger partial charge is 0.480 e. The summed E-state index contributed by atoms with van der Waals surface area (Å²) in [5, 5.41) is 17.1. The number of hydrogen-bond acceptors (Lipinski definition) is 8. The maximum atomic E-state index is 13.7. The molecule has 0 bridgehead atoms. The van der Waals surface area contributed by atoms with Crippen LogP contribution in [-0.4, -0.2) is 95.1 Å².